The Morgan fingerprint density at radius 3 is 2.67 bits per heavy atom. The highest BCUT2D eigenvalue weighted by Gasteiger charge is 2.31. The molecule has 0 spiro atoms. The van der Waals surface area contributed by atoms with Crippen LogP contribution in [-0.2, 0) is 16.6 Å². The van der Waals surface area contributed by atoms with Crippen LogP contribution in [0.1, 0.15) is 30.0 Å². The van der Waals surface area contributed by atoms with Gasteiger partial charge in [-0.25, -0.2) is 8.42 Å². The molecule has 0 aromatic heterocycles. The van der Waals surface area contributed by atoms with Gasteiger partial charge in [0.05, 0.1) is 11.5 Å². The Labute approximate surface area is 131 Å². The zero-order chi connectivity index (χ0) is 15.6. The molecule has 1 aliphatic heterocycles. The van der Waals surface area contributed by atoms with Crippen LogP contribution in [0.3, 0.4) is 0 Å². The fourth-order valence-electron chi connectivity index (χ4n) is 2.62. The first-order valence-electron chi connectivity index (χ1n) is 7.22. The minimum Gasteiger partial charge on any atom is -0.392 e. The van der Waals surface area contributed by atoms with Crippen LogP contribution in [0.25, 0.3) is 0 Å². The molecule has 1 N–H and O–H groups in total. The molecule has 0 saturated carbocycles. The van der Waals surface area contributed by atoms with Gasteiger partial charge in [-0.2, -0.15) is 16.1 Å². The van der Waals surface area contributed by atoms with Crippen LogP contribution >= 0.6 is 11.8 Å². The zero-order valence-electron chi connectivity index (χ0n) is 12.8. The van der Waals surface area contributed by atoms with Crippen molar-refractivity contribution in [1.82, 2.24) is 4.31 Å². The number of rotatable bonds is 4. The van der Waals surface area contributed by atoms with Gasteiger partial charge in [0.25, 0.3) is 0 Å². The summed E-state index contributed by atoms with van der Waals surface area (Å²) in [6, 6.07) is 3.47. The Morgan fingerprint density at radius 2 is 2.05 bits per heavy atom. The molecule has 2 rings (SSSR count). The molecule has 1 aromatic carbocycles. The lowest BCUT2D eigenvalue weighted by atomic mass is 10.1. The lowest BCUT2D eigenvalue weighted by molar-refractivity contribution is 0.280. The first-order valence-corrected chi connectivity index (χ1v) is 9.71. The summed E-state index contributed by atoms with van der Waals surface area (Å²) in [5.74, 6) is 0.843. The molecule has 0 bridgehead atoms. The Bertz CT molecular complexity index is 614. The molecule has 1 heterocycles. The second kappa shape index (κ2) is 6.69. The third-order valence-corrected chi connectivity index (χ3v) is 7.36. The van der Waals surface area contributed by atoms with Crippen molar-refractivity contribution in [3.05, 3.63) is 28.8 Å². The molecule has 1 aliphatic rings. The predicted molar refractivity (Wildman–Crippen MR) is 87.1 cm³/mol. The molecule has 1 unspecified atom stereocenters. The number of nitrogens with zero attached hydrogens (tertiary/aromatic N) is 1. The van der Waals surface area contributed by atoms with Crippen LogP contribution < -0.4 is 0 Å². The van der Waals surface area contributed by atoms with Crippen molar-refractivity contribution in [2.75, 3.05) is 18.8 Å². The first-order chi connectivity index (χ1) is 9.90. The number of aliphatic hydroxyl groups excluding tert-OH is 1. The maximum absolute atomic E-state index is 12.9. The molecule has 1 fully saturated rings. The lowest BCUT2D eigenvalue weighted by Crippen LogP contribution is -2.41. The van der Waals surface area contributed by atoms with E-state index in [1.807, 2.05) is 31.7 Å². The maximum Gasteiger partial charge on any atom is 0.243 e. The van der Waals surface area contributed by atoms with E-state index in [0.29, 0.717) is 28.8 Å². The molecule has 0 radical (unpaired) electrons. The predicted octanol–water partition coefficient (Wildman–Crippen LogP) is 2.31. The smallest absolute Gasteiger partial charge is 0.243 e. The topological polar surface area (TPSA) is 57.6 Å². The molecule has 6 heteroatoms. The van der Waals surface area contributed by atoms with Crippen molar-refractivity contribution in [2.45, 2.75) is 43.9 Å². The molecule has 1 saturated heterocycles. The number of sulfonamides is 1. The summed E-state index contributed by atoms with van der Waals surface area (Å²) >= 11 is 1.85. The third kappa shape index (κ3) is 3.44. The Hall–Kier alpha value is -0.560. The van der Waals surface area contributed by atoms with Gasteiger partial charge in [0.1, 0.15) is 0 Å². The van der Waals surface area contributed by atoms with E-state index in [9.17, 15) is 13.5 Å². The van der Waals surface area contributed by atoms with Crippen molar-refractivity contribution in [2.24, 2.45) is 0 Å². The number of benzene rings is 1. The van der Waals surface area contributed by atoms with Gasteiger partial charge in [-0.1, -0.05) is 13.0 Å². The standard InChI is InChI=1S/C15H23NO3S2/c1-4-14-9-16(5-6-20-14)21(18,19)15-8-13(10-17)11(2)7-12(15)3/h7-8,14,17H,4-6,9-10H2,1-3H3. The van der Waals surface area contributed by atoms with Crippen LogP contribution in [0.4, 0.5) is 0 Å². The fourth-order valence-corrected chi connectivity index (χ4v) is 5.75. The van der Waals surface area contributed by atoms with Crippen molar-refractivity contribution in [1.29, 1.82) is 0 Å². The molecular formula is C15H23NO3S2. The number of hydrogen-bond acceptors (Lipinski definition) is 4. The summed E-state index contributed by atoms with van der Waals surface area (Å²) in [4.78, 5) is 0.332. The monoisotopic (exact) mass is 329 g/mol. The number of thioether (sulfide) groups is 1. The van der Waals surface area contributed by atoms with Gasteiger partial charge in [0, 0.05) is 24.1 Å². The van der Waals surface area contributed by atoms with Crippen molar-refractivity contribution < 1.29 is 13.5 Å². The number of aryl methyl sites for hydroxylation is 2. The normalized spacial score (nSPS) is 20.7. The summed E-state index contributed by atoms with van der Waals surface area (Å²) < 4.78 is 27.4. The van der Waals surface area contributed by atoms with Crippen LogP contribution in [0.5, 0.6) is 0 Å². The molecule has 1 aromatic rings. The Morgan fingerprint density at radius 1 is 1.33 bits per heavy atom. The second-order valence-electron chi connectivity index (χ2n) is 5.47. The highest BCUT2D eigenvalue weighted by atomic mass is 32.2. The van der Waals surface area contributed by atoms with E-state index in [1.54, 1.807) is 10.4 Å². The van der Waals surface area contributed by atoms with Crippen molar-refractivity contribution in [3.8, 4) is 0 Å². The minimum atomic E-state index is -3.48. The molecule has 118 valence electrons. The fraction of sp³-hybridized carbons (Fsp3) is 0.600. The van der Waals surface area contributed by atoms with Crippen molar-refractivity contribution in [3.63, 3.8) is 0 Å². The van der Waals surface area contributed by atoms with E-state index in [0.717, 1.165) is 23.3 Å². The Balaban J connectivity index is 2.39. The molecule has 4 nitrogen and oxygen atoms in total. The van der Waals surface area contributed by atoms with E-state index >= 15 is 0 Å². The molecule has 1 atom stereocenters. The summed E-state index contributed by atoms with van der Waals surface area (Å²) in [5.41, 5.74) is 2.35. The Kier molecular flexibility index (Phi) is 5.35. The summed E-state index contributed by atoms with van der Waals surface area (Å²) in [6.45, 7) is 6.80. The van der Waals surface area contributed by atoms with Gasteiger partial charge >= 0.3 is 0 Å². The van der Waals surface area contributed by atoms with Gasteiger partial charge in [0.2, 0.25) is 10.0 Å². The van der Waals surface area contributed by atoms with Crippen LogP contribution in [-0.4, -0.2) is 41.9 Å². The van der Waals surface area contributed by atoms with Crippen molar-refractivity contribution >= 4 is 21.8 Å². The largest absolute Gasteiger partial charge is 0.392 e. The van der Waals surface area contributed by atoms with Gasteiger partial charge in [-0.05, 0) is 43.0 Å². The van der Waals surface area contributed by atoms with E-state index in [1.165, 1.54) is 0 Å². The van der Waals surface area contributed by atoms with Crippen LogP contribution in [0.2, 0.25) is 0 Å². The summed E-state index contributed by atoms with van der Waals surface area (Å²) in [7, 11) is -3.48. The molecule has 21 heavy (non-hydrogen) atoms. The minimum absolute atomic E-state index is 0.137. The first kappa shape index (κ1) is 16.8. The summed E-state index contributed by atoms with van der Waals surface area (Å²) in [5, 5.41) is 9.75. The van der Waals surface area contributed by atoms with Gasteiger partial charge < -0.3 is 5.11 Å². The molecular weight excluding hydrogens is 306 g/mol. The quantitative estimate of drug-likeness (QED) is 0.921. The summed E-state index contributed by atoms with van der Waals surface area (Å²) in [6.07, 6.45) is 0.978. The van der Waals surface area contributed by atoms with Gasteiger partial charge in [-0.3, -0.25) is 0 Å². The van der Waals surface area contributed by atoms with E-state index in [2.05, 4.69) is 6.92 Å². The zero-order valence-corrected chi connectivity index (χ0v) is 14.4. The lowest BCUT2D eigenvalue weighted by Gasteiger charge is -2.31. The number of aliphatic hydroxyl groups is 1. The van der Waals surface area contributed by atoms with Gasteiger partial charge in [0.15, 0.2) is 0 Å². The SMILES string of the molecule is CCC1CN(S(=O)(=O)c2cc(CO)c(C)cc2C)CCS1. The van der Waals surface area contributed by atoms with Crippen LogP contribution in [0.15, 0.2) is 17.0 Å². The second-order valence-corrected chi connectivity index (χ2v) is 8.78. The molecule has 0 amide bonds. The van der Waals surface area contributed by atoms with Crippen LogP contribution in [0, 0.1) is 13.8 Å². The van der Waals surface area contributed by atoms with E-state index < -0.39 is 10.0 Å². The molecule has 0 aliphatic carbocycles. The van der Waals surface area contributed by atoms with E-state index in [4.69, 9.17) is 0 Å². The highest BCUT2D eigenvalue weighted by Crippen LogP contribution is 2.29. The average molecular weight is 329 g/mol. The maximum atomic E-state index is 12.9. The van der Waals surface area contributed by atoms with E-state index in [-0.39, 0.29) is 6.61 Å². The number of hydrogen-bond donors (Lipinski definition) is 1. The average Bonchev–Trinajstić information content (AvgIpc) is 2.47. The highest BCUT2D eigenvalue weighted by molar-refractivity contribution is 8.00. The van der Waals surface area contributed by atoms with Gasteiger partial charge in [-0.15, -0.1) is 0 Å². The third-order valence-electron chi connectivity index (χ3n) is 3.98.